The monoisotopic (exact) mass is 228 g/mol. The molecule has 0 unspecified atom stereocenters. The molecule has 1 aromatic heterocycles. The van der Waals surface area contributed by atoms with Gasteiger partial charge in [-0.25, -0.2) is 0 Å². The van der Waals surface area contributed by atoms with Gasteiger partial charge in [-0.15, -0.1) is 10.2 Å². The van der Waals surface area contributed by atoms with Crippen molar-refractivity contribution in [2.24, 2.45) is 18.7 Å². The summed E-state index contributed by atoms with van der Waals surface area (Å²) in [5.74, 6) is 1.99. The maximum absolute atomic E-state index is 9.70. The minimum Gasteiger partial charge on any atom is -0.392 e. The molecule has 1 atom stereocenters. The largest absolute Gasteiger partial charge is 0.392 e. The zero-order chi connectivity index (χ0) is 10.8. The fourth-order valence-electron chi connectivity index (χ4n) is 1.43. The Morgan fingerprint density at radius 2 is 2.33 bits per heavy atom. The molecule has 1 aromatic rings. The van der Waals surface area contributed by atoms with Gasteiger partial charge >= 0.3 is 0 Å². The van der Waals surface area contributed by atoms with Gasteiger partial charge < -0.3 is 15.4 Å². The van der Waals surface area contributed by atoms with Crippen molar-refractivity contribution in [2.45, 2.75) is 30.6 Å². The number of aromatic nitrogens is 3. The van der Waals surface area contributed by atoms with E-state index in [-0.39, 0.29) is 6.10 Å². The van der Waals surface area contributed by atoms with Crippen molar-refractivity contribution in [3.8, 4) is 0 Å². The number of nitrogens with two attached hydrogens (primary N) is 1. The van der Waals surface area contributed by atoms with Gasteiger partial charge in [-0.3, -0.25) is 0 Å². The topological polar surface area (TPSA) is 77.0 Å². The predicted molar refractivity (Wildman–Crippen MR) is 58.3 cm³/mol. The van der Waals surface area contributed by atoms with Crippen molar-refractivity contribution in [2.75, 3.05) is 5.75 Å². The van der Waals surface area contributed by atoms with E-state index in [0.29, 0.717) is 18.2 Å². The Morgan fingerprint density at radius 3 is 2.87 bits per heavy atom. The minimum absolute atomic E-state index is 0.201. The lowest BCUT2D eigenvalue weighted by Crippen LogP contribution is -2.13. The Kier molecular flexibility index (Phi) is 3.28. The number of aliphatic hydroxyl groups excluding tert-OH is 1. The van der Waals surface area contributed by atoms with Crippen LogP contribution in [0, 0.1) is 5.92 Å². The van der Waals surface area contributed by atoms with Crippen LogP contribution in [-0.2, 0) is 13.6 Å². The van der Waals surface area contributed by atoms with Crippen LogP contribution in [0.2, 0.25) is 0 Å². The molecule has 0 spiro atoms. The van der Waals surface area contributed by atoms with Crippen LogP contribution >= 0.6 is 11.8 Å². The molecule has 0 aromatic carbocycles. The van der Waals surface area contributed by atoms with Crippen molar-refractivity contribution in [1.29, 1.82) is 0 Å². The van der Waals surface area contributed by atoms with Gasteiger partial charge in [0.2, 0.25) is 0 Å². The van der Waals surface area contributed by atoms with Gasteiger partial charge in [0.15, 0.2) is 5.16 Å². The third kappa shape index (κ3) is 2.50. The van der Waals surface area contributed by atoms with E-state index < -0.39 is 0 Å². The van der Waals surface area contributed by atoms with E-state index in [9.17, 15) is 5.11 Å². The Morgan fingerprint density at radius 1 is 1.60 bits per heavy atom. The number of aliphatic hydroxyl groups is 1. The molecule has 0 bridgehead atoms. The number of hydrogen-bond donors (Lipinski definition) is 2. The molecule has 1 aliphatic rings. The van der Waals surface area contributed by atoms with E-state index in [0.717, 1.165) is 23.8 Å². The van der Waals surface area contributed by atoms with E-state index in [1.54, 1.807) is 11.8 Å². The highest BCUT2D eigenvalue weighted by Gasteiger charge is 2.29. The van der Waals surface area contributed by atoms with E-state index >= 15 is 0 Å². The zero-order valence-corrected chi connectivity index (χ0v) is 9.57. The molecular weight excluding hydrogens is 212 g/mol. The first-order valence-corrected chi connectivity index (χ1v) is 6.10. The average Bonchev–Trinajstić information content (AvgIpc) is 3.01. The molecule has 3 N–H and O–H groups in total. The predicted octanol–water partition coefficient (Wildman–Crippen LogP) is 0.137. The molecule has 2 rings (SSSR count). The number of thioether (sulfide) groups is 1. The highest BCUT2D eigenvalue weighted by molar-refractivity contribution is 7.99. The molecule has 84 valence electrons. The first-order chi connectivity index (χ1) is 7.22. The van der Waals surface area contributed by atoms with Crippen LogP contribution < -0.4 is 5.73 Å². The van der Waals surface area contributed by atoms with Gasteiger partial charge in [0.25, 0.3) is 0 Å². The number of hydrogen-bond acceptors (Lipinski definition) is 5. The summed E-state index contributed by atoms with van der Waals surface area (Å²) in [6.45, 7) is 0.398. The molecule has 0 radical (unpaired) electrons. The summed E-state index contributed by atoms with van der Waals surface area (Å²) >= 11 is 1.54. The second kappa shape index (κ2) is 4.51. The molecule has 1 fully saturated rings. The summed E-state index contributed by atoms with van der Waals surface area (Å²) < 4.78 is 1.88. The fraction of sp³-hybridized carbons (Fsp3) is 0.778. The maximum Gasteiger partial charge on any atom is 0.191 e. The van der Waals surface area contributed by atoms with E-state index in [1.165, 1.54) is 0 Å². The molecule has 1 heterocycles. The Balaban J connectivity index is 1.89. The molecule has 0 amide bonds. The smallest absolute Gasteiger partial charge is 0.191 e. The lowest BCUT2D eigenvalue weighted by atomic mass is 10.3. The quantitative estimate of drug-likeness (QED) is 0.701. The standard InChI is InChI=1S/C9H16N4OS/c1-13-8(4-10)11-12-9(13)15-5-7(14)6-2-3-6/h6-7,14H,2-5,10H2,1H3/t7-/m0/s1. The van der Waals surface area contributed by atoms with Crippen LogP contribution in [0.15, 0.2) is 5.16 Å². The second-order valence-electron chi connectivity index (χ2n) is 3.88. The fourth-order valence-corrected chi connectivity index (χ4v) is 2.42. The Hall–Kier alpha value is -0.590. The van der Waals surface area contributed by atoms with Crippen LogP contribution in [0.5, 0.6) is 0 Å². The van der Waals surface area contributed by atoms with Gasteiger partial charge in [0, 0.05) is 12.8 Å². The van der Waals surface area contributed by atoms with Crippen molar-refractivity contribution in [3.63, 3.8) is 0 Å². The molecule has 5 nitrogen and oxygen atoms in total. The van der Waals surface area contributed by atoms with Crippen molar-refractivity contribution >= 4 is 11.8 Å². The molecule has 0 aliphatic heterocycles. The van der Waals surface area contributed by atoms with Gasteiger partial charge in [-0.2, -0.15) is 0 Å². The second-order valence-corrected chi connectivity index (χ2v) is 4.86. The Labute approximate surface area is 93.1 Å². The molecule has 1 aliphatic carbocycles. The summed E-state index contributed by atoms with van der Waals surface area (Å²) in [6, 6.07) is 0. The van der Waals surface area contributed by atoms with Crippen molar-refractivity contribution in [1.82, 2.24) is 14.8 Å². The van der Waals surface area contributed by atoms with E-state index in [1.807, 2.05) is 11.6 Å². The van der Waals surface area contributed by atoms with E-state index in [2.05, 4.69) is 10.2 Å². The first kappa shape index (κ1) is 10.9. The lowest BCUT2D eigenvalue weighted by Gasteiger charge is -2.07. The Bertz CT molecular complexity index is 337. The maximum atomic E-state index is 9.70. The summed E-state index contributed by atoms with van der Waals surface area (Å²) in [6.07, 6.45) is 2.12. The summed E-state index contributed by atoms with van der Waals surface area (Å²) in [4.78, 5) is 0. The van der Waals surface area contributed by atoms with Gasteiger partial charge in [-0.05, 0) is 18.8 Å². The number of nitrogens with zero attached hydrogens (tertiary/aromatic N) is 3. The van der Waals surface area contributed by atoms with Crippen LogP contribution in [0.4, 0.5) is 0 Å². The lowest BCUT2D eigenvalue weighted by molar-refractivity contribution is 0.176. The van der Waals surface area contributed by atoms with Crippen molar-refractivity contribution < 1.29 is 5.11 Å². The molecule has 0 saturated heterocycles. The minimum atomic E-state index is -0.201. The average molecular weight is 228 g/mol. The summed E-state index contributed by atoms with van der Waals surface area (Å²) in [5, 5.41) is 18.5. The third-order valence-corrected chi connectivity index (χ3v) is 3.78. The van der Waals surface area contributed by atoms with Crippen LogP contribution in [0.3, 0.4) is 0 Å². The molecule has 6 heteroatoms. The molecular formula is C9H16N4OS. The molecule has 1 saturated carbocycles. The van der Waals surface area contributed by atoms with Crippen molar-refractivity contribution in [3.05, 3.63) is 5.82 Å². The molecule has 15 heavy (non-hydrogen) atoms. The van der Waals surface area contributed by atoms with E-state index in [4.69, 9.17) is 5.73 Å². The van der Waals surface area contributed by atoms with Crippen LogP contribution in [0.25, 0.3) is 0 Å². The van der Waals surface area contributed by atoms with Crippen LogP contribution in [-0.4, -0.2) is 31.7 Å². The number of rotatable bonds is 5. The summed E-state index contributed by atoms with van der Waals surface area (Å²) in [7, 11) is 1.90. The highest BCUT2D eigenvalue weighted by Crippen LogP contribution is 2.34. The van der Waals surface area contributed by atoms with Gasteiger partial charge in [0.1, 0.15) is 5.82 Å². The normalized spacial score (nSPS) is 18.1. The zero-order valence-electron chi connectivity index (χ0n) is 8.76. The summed E-state index contributed by atoms with van der Waals surface area (Å²) in [5.41, 5.74) is 5.50. The highest BCUT2D eigenvalue weighted by atomic mass is 32.2. The first-order valence-electron chi connectivity index (χ1n) is 5.11. The third-order valence-electron chi connectivity index (χ3n) is 2.66. The van der Waals surface area contributed by atoms with Gasteiger partial charge in [-0.1, -0.05) is 11.8 Å². The van der Waals surface area contributed by atoms with Crippen LogP contribution in [0.1, 0.15) is 18.7 Å². The van der Waals surface area contributed by atoms with Gasteiger partial charge in [0.05, 0.1) is 12.6 Å². The SMILES string of the molecule is Cn1c(CN)nnc1SC[C@H](O)C1CC1.